The Hall–Kier alpha value is -2.26. The second-order valence-electron chi connectivity index (χ2n) is 4.71. The molecule has 0 aliphatic rings. The van der Waals surface area contributed by atoms with E-state index in [-0.39, 0.29) is 0 Å². The monoisotopic (exact) mass is 283 g/mol. The lowest BCUT2D eigenvalue weighted by molar-refractivity contribution is 1.41. The van der Waals surface area contributed by atoms with Crippen molar-refractivity contribution in [2.24, 2.45) is 0 Å². The molecule has 4 heteroatoms. The van der Waals surface area contributed by atoms with Crippen LogP contribution in [0.1, 0.15) is 5.56 Å². The number of nitrogens with zero attached hydrogens (tertiary/aromatic N) is 1. The van der Waals surface area contributed by atoms with Crippen molar-refractivity contribution in [3.05, 3.63) is 59.2 Å². The summed E-state index contributed by atoms with van der Waals surface area (Å²) in [5, 5.41) is 4.88. The Morgan fingerprint density at radius 1 is 1.10 bits per heavy atom. The highest BCUT2D eigenvalue weighted by Crippen LogP contribution is 2.32. The lowest BCUT2D eigenvalue weighted by Crippen LogP contribution is -1.98. The number of hydrogen-bond acceptors (Lipinski definition) is 3. The molecule has 1 heterocycles. The number of pyridine rings is 1. The summed E-state index contributed by atoms with van der Waals surface area (Å²) < 4.78 is 0. The number of halogens is 1. The van der Waals surface area contributed by atoms with E-state index in [0.29, 0.717) is 10.7 Å². The predicted octanol–water partition coefficient (Wildman–Crippen LogP) is 4.52. The van der Waals surface area contributed by atoms with Gasteiger partial charge in [-0.15, -0.1) is 0 Å². The number of rotatable bonds is 2. The molecule has 0 saturated carbocycles. The fraction of sp³-hybridized carbons (Fsp3) is 0.0625. The second kappa shape index (κ2) is 5.02. The zero-order valence-electron chi connectivity index (χ0n) is 11.0. The number of benzene rings is 2. The quantitative estimate of drug-likeness (QED) is 0.680. The number of hydrogen-bond donors (Lipinski definition) is 2. The maximum Gasteiger partial charge on any atom is 0.0724 e. The molecule has 0 saturated heterocycles. The van der Waals surface area contributed by atoms with Crippen molar-refractivity contribution in [1.29, 1.82) is 0 Å². The van der Waals surface area contributed by atoms with Crippen LogP contribution in [0, 0.1) is 6.92 Å². The Morgan fingerprint density at radius 3 is 2.70 bits per heavy atom. The molecule has 0 bridgehead atoms. The van der Waals surface area contributed by atoms with Crippen molar-refractivity contribution in [2.45, 2.75) is 6.92 Å². The Morgan fingerprint density at radius 2 is 1.90 bits per heavy atom. The molecule has 0 amide bonds. The highest BCUT2D eigenvalue weighted by molar-refractivity contribution is 6.33. The number of nitrogens with two attached hydrogens (primary N) is 1. The topological polar surface area (TPSA) is 50.9 Å². The van der Waals surface area contributed by atoms with Crippen molar-refractivity contribution < 1.29 is 0 Å². The third-order valence-electron chi connectivity index (χ3n) is 3.22. The van der Waals surface area contributed by atoms with Gasteiger partial charge in [-0.25, -0.2) is 0 Å². The molecular weight excluding hydrogens is 270 g/mol. The molecular formula is C16H14ClN3. The summed E-state index contributed by atoms with van der Waals surface area (Å²) >= 11 is 6.23. The summed E-state index contributed by atoms with van der Waals surface area (Å²) in [4.78, 5) is 4.29. The number of fused-ring (bicyclic) bond motifs is 1. The normalized spacial score (nSPS) is 10.7. The van der Waals surface area contributed by atoms with Gasteiger partial charge in [0.2, 0.25) is 0 Å². The molecule has 2 aromatic carbocycles. The first-order valence-corrected chi connectivity index (χ1v) is 6.69. The lowest BCUT2D eigenvalue weighted by atomic mass is 10.1. The van der Waals surface area contributed by atoms with E-state index >= 15 is 0 Å². The van der Waals surface area contributed by atoms with Crippen molar-refractivity contribution >= 4 is 39.6 Å². The van der Waals surface area contributed by atoms with Gasteiger partial charge in [0.15, 0.2) is 0 Å². The maximum atomic E-state index is 6.23. The highest BCUT2D eigenvalue weighted by atomic mass is 35.5. The van der Waals surface area contributed by atoms with E-state index in [0.717, 1.165) is 27.8 Å². The largest absolute Gasteiger partial charge is 0.396 e. The number of nitrogens with one attached hydrogen (secondary N) is 1. The van der Waals surface area contributed by atoms with Gasteiger partial charge in [0, 0.05) is 11.6 Å². The Bertz CT molecular complexity index is 784. The molecule has 0 radical (unpaired) electrons. The molecule has 0 unspecified atom stereocenters. The van der Waals surface area contributed by atoms with Crippen molar-refractivity contribution in [1.82, 2.24) is 4.98 Å². The summed E-state index contributed by atoms with van der Waals surface area (Å²) in [6.45, 7) is 2.01. The van der Waals surface area contributed by atoms with E-state index < -0.39 is 0 Å². The standard InChI is InChI=1S/C16H14ClN3/c1-10-4-5-14(12(17)9-10)20-15-7-6-13-11(16(15)18)3-2-8-19-13/h2-9,20H,18H2,1H3. The molecule has 20 heavy (non-hydrogen) atoms. The van der Waals surface area contributed by atoms with Gasteiger partial charge < -0.3 is 11.1 Å². The SMILES string of the molecule is Cc1ccc(Nc2ccc3ncccc3c2N)c(Cl)c1. The van der Waals surface area contributed by atoms with Crippen molar-refractivity contribution in [3.63, 3.8) is 0 Å². The number of aromatic nitrogens is 1. The molecule has 0 spiro atoms. The van der Waals surface area contributed by atoms with E-state index in [1.165, 1.54) is 0 Å². The van der Waals surface area contributed by atoms with Gasteiger partial charge in [0.25, 0.3) is 0 Å². The summed E-state index contributed by atoms with van der Waals surface area (Å²) in [7, 11) is 0. The van der Waals surface area contributed by atoms with Gasteiger partial charge in [-0.05, 0) is 48.9 Å². The molecule has 100 valence electrons. The van der Waals surface area contributed by atoms with Gasteiger partial charge in [-0.3, -0.25) is 4.98 Å². The first-order chi connectivity index (χ1) is 9.65. The lowest BCUT2D eigenvalue weighted by Gasteiger charge is -2.13. The Kier molecular flexibility index (Phi) is 3.20. The molecule has 0 fully saturated rings. The van der Waals surface area contributed by atoms with Gasteiger partial charge >= 0.3 is 0 Å². The smallest absolute Gasteiger partial charge is 0.0724 e. The number of aryl methyl sites for hydroxylation is 1. The number of nitrogen functional groups attached to an aromatic ring is 1. The first-order valence-electron chi connectivity index (χ1n) is 6.31. The van der Waals surface area contributed by atoms with Gasteiger partial charge in [-0.2, -0.15) is 0 Å². The van der Waals surface area contributed by atoms with E-state index in [1.54, 1.807) is 6.20 Å². The zero-order chi connectivity index (χ0) is 14.1. The highest BCUT2D eigenvalue weighted by Gasteiger charge is 2.07. The van der Waals surface area contributed by atoms with Crippen LogP contribution in [-0.4, -0.2) is 4.98 Å². The molecule has 3 aromatic rings. The van der Waals surface area contributed by atoms with Crippen LogP contribution in [0.5, 0.6) is 0 Å². The van der Waals surface area contributed by atoms with E-state index in [1.807, 2.05) is 49.4 Å². The van der Waals surface area contributed by atoms with Gasteiger partial charge in [0.1, 0.15) is 0 Å². The minimum Gasteiger partial charge on any atom is -0.396 e. The molecule has 3 N–H and O–H groups in total. The summed E-state index contributed by atoms with van der Waals surface area (Å²) in [5.74, 6) is 0. The minimum atomic E-state index is 0.673. The van der Waals surface area contributed by atoms with Crippen molar-refractivity contribution in [2.75, 3.05) is 11.1 Å². The van der Waals surface area contributed by atoms with Crippen LogP contribution in [0.4, 0.5) is 17.1 Å². The van der Waals surface area contributed by atoms with Crippen LogP contribution in [0.3, 0.4) is 0 Å². The fourth-order valence-electron chi connectivity index (χ4n) is 2.15. The minimum absolute atomic E-state index is 0.673. The average Bonchev–Trinajstić information content (AvgIpc) is 2.45. The van der Waals surface area contributed by atoms with Crippen LogP contribution in [0.2, 0.25) is 5.02 Å². The molecule has 0 atom stereocenters. The van der Waals surface area contributed by atoms with Crippen LogP contribution in [0.15, 0.2) is 48.7 Å². The van der Waals surface area contributed by atoms with Crippen LogP contribution < -0.4 is 11.1 Å². The predicted molar refractivity (Wildman–Crippen MR) is 85.6 cm³/mol. The summed E-state index contributed by atoms with van der Waals surface area (Å²) in [6, 6.07) is 13.6. The molecule has 3 rings (SSSR count). The van der Waals surface area contributed by atoms with Gasteiger partial charge in [0.05, 0.1) is 27.6 Å². The average molecular weight is 284 g/mol. The third kappa shape index (κ3) is 2.28. The van der Waals surface area contributed by atoms with Crippen molar-refractivity contribution in [3.8, 4) is 0 Å². The van der Waals surface area contributed by atoms with Crippen LogP contribution >= 0.6 is 11.6 Å². The molecule has 0 aliphatic carbocycles. The van der Waals surface area contributed by atoms with Crippen LogP contribution in [0.25, 0.3) is 10.9 Å². The van der Waals surface area contributed by atoms with E-state index in [9.17, 15) is 0 Å². The van der Waals surface area contributed by atoms with Crippen LogP contribution in [-0.2, 0) is 0 Å². The Balaban J connectivity index is 2.04. The van der Waals surface area contributed by atoms with E-state index in [2.05, 4.69) is 10.3 Å². The molecule has 1 aromatic heterocycles. The maximum absolute atomic E-state index is 6.23. The zero-order valence-corrected chi connectivity index (χ0v) is 11.8. The first kappa shape index (κ1) is 12.8. The second-order valence-corrected chi connectivity index (χ2v) is 5.11. The summed E-state index contributed by atoms with van der Waals surface area (Å²) in [6.07, 6.45) is 1.76. The third-order valence-corrected chi connectivity index (χ3v) is 3.53. The van der Waals surface area contributed by atoms with Gasteiger partial charge in [-0.1, -0.05) is 17.7 Å². The molecule has 3 nitrogen and oxygen atoms in total. The fourth-order valence-corrected chi connectivity index (χ4v) is 2.43. The summed E-state index contributed by atoms with van der Waals surface area (Å²) in [5.41, 5.74) is 10.5. The number of anilines is 3. The Labute approximate surface area is 122 Å². The van der Waals surface area contributed by atoms with E-state index in [4.69, 9.17) is 17.3 Å². The molecule has 0 aliphatic heterocycles.